The molecule has 1 aliphatic heterocycles. The van der Waals surface area contributed by atoms with Crippen LogP contribution in [0, 0.1) is 13.8 Å². The lowest BCUT2D eigenvalue weighted by atomic mass is 9.93. The molecule has 0 radical (unpaired) electrons. The van der Waals surface area contributed by atoms with Crippen molar-refractivity contribution in [2.24, 2.45) is 0 Å². The van der Waals surface area contributed by atoms with E-state index >= 15 is 0 Å². The Labute approximate surface area is 178 Å². The summed E-state index contributed by atoms with van der Waals surface area (Å²) in [5.41, 5.74) is 2.05. The number of aromatic nitrogens is 2. The van der Waals surface area contributed by atoms with Crippen LogP contribution >= 0.6 is 11.8 Å². The highest BCUT2D eigenvalue weighted by atomic mass is 32.2. The second kappa shape index (κ2) is 9.83. The number of hydrogen-bond donors (Lipinski definition) is 0. The average Bonchev–Trinajstić information content (AvgIpc) is 3.18. The summed E-state index contributed by atoms with van der Waals surface area (Å²) in [6.45, 7) is 5.29. The number of sulfone groups is 1. The molecule has 2 fully saturated rings. The molecule has 1 atom stereocenters. The normalized spacial score (nSPS) is 22.1. The second-order valence-electron chi connectivity index (χ2n) is 8.15. The van der Waals surface area contributed by atoms with Crippen LogP contribution in [0.4, 0.5) is 0 Å². The van der Waals surface area contributed by atoms with E-state index in [9.17, 15) is 13.2 Å². The van der Waals surface area contributed by atoms with Crippen molar-refractivity contribution in [2.75, 3.05) is 31.0 Å². The van der Waals surface area contributed by atoms with E-state index in [1.165, 1.54) is 18.2 Å². The standard InChI is InChI=1S/C20H33N3O4S2/c1-15-16(2)22(10-11-27-3)20(21-15)28-13-19(24)23(17-7-5-4-6-8-17)18-9-12-29(25,26)14-18/h17-18H,4-14H2,1-3H3. The molecule has 0 aromatic carbocycles. The summed E-state index contributed by atoms with van der Waals surface area (Å²) < 4.78 is 31.4. The van der Waals surface area contributed by atoms with Gasteiger partial charge in [0.25, 0.3) is 0 Å². The molecule has 0 bridgehead atoms. The number of aryl methyl sites for hydroxylation is 1. The Morgan fingerprint density at radius 2 is 1.93 bits per heavy atom. The Kier molecular flexibility index (Phi) is 7.67. The van der Waals surface area contributed by atoms with Crippen molar-refractivity contribution in [3.63, 3.8) is 0 Å². The maximum atomic E-state index is 13.3. The number of ether oxygens (including phenoxy) is 1. The van der Waals surface area contributed by atoms with Crippen molar-refractivity contribution in [1.29, 1.82) is 0 Å². The van der Waals surface area contributed by atoms with Crippen molar-refractivity contribution in [1.82, 2.24) is 14.5 Å². The van der Waals surface area contributed by atoms with Gasteiger partial charge in [0.2, 0.25) is 5.91 Å². The van der Waals surface area contributed by atoms with Gasteiger partial charge in [-0.3, -0.25) is 4.79 Å². The first kappa shape index (κ1) is 22.6. The van der Waals surface area contributed by atoms with E-state index in [0.717, 1.165) is 42.2 Å². The molecule has 0 N–H and O–H groups in total. The molecular formula is C20H33N3O4S2. The van der Waals surface area contributed by atoms with Gasteiger partial charge >= 0.3 is 0 Å². The minimum Gasteiger partial charge on any atom is -0.383 e. The third kappa shape index (κ3) is 5.55. The topological polar surface area (TPSA) is 81.5 Å². The quantitative estimate of drug-likeness (QED) is 0.575. The van der Waals surface area contributed by atoms with Crippen molar-refractivity contribution in [3.05, 3.63) is 11.4 Å². The van der Waals surface area contributed by atoms with Crippen LogP contribution in [0.25, 0.3) is 0 Å². The second-order valence-corrected chi connectivity index (χ2v) is 11.3. The number of rotatable bonds is 8. The average molecular weight is 444 g/mol. The lowest BCUT2D eigenvalue weighted by molar-refractivity contribution is -0.133. The van der Waals surface area contributed by atoms with Gasteiger partial charge in [-0.2, -0.15) is 0 Å². The molecule has 7 nitrogen and oxygen atoms in total. The van der Waals surface area contributed by atoms with E-state index in [4.69, 9.17) is 4.74 Å². The molecule has 1 amide bonds. The van der Waals surface area contributed by atoms with Crippen LogP contribution in [-0.2, 0) is 25.9 Å². The number of carbonyl (C=O) groups is 1. The minimum absolute atomic E-state index is 0.0422. The fraction of sp³-hybridized carbons (Fsp3) is 0.800. The Balaban J connectivity index is 1.72. The van der Waals surface area contributed by atoms with Gasteiger partial charge in [-0.1, -0.05) is 31.0 Å². The number of thioether (sulfide) groups is 1. The van der Waals surface area contributed by atoms with Gasteiger partial charge in [-0.15, -0.1) is 0 Å². The van der Waals surface area contributed by atoms with Crippen molar-refractivity contribution >= 4 is 27.5 Å². The third-order valence-electron chi connectivity index (χ3n) is 6.12. The first-order chi connectivity index (χ1) is 13.8. The number of carbonyl (C=O) groups excluding carboxylic acids is 1. The van der Waals surface area contributed by atoms with Crippen LogP contribution in [0.5, 0.6) is 0 Å². The zero-order chi connectivity index (χ0) is 21.0. The number of methoxy groups -OCH3 is 1. The van der Waals surface area contributed by atoms with Crippen LogP contribution in [-0.4, -0.2) is 71.8 Å². The molecule has 1 aromatic rings. The number of hydrogen-bond acceptors (Lipinski definition) is 6. The summed E-state index contributed by atoms with van der Waals surface area (Å²) in [6.07, 6.45) is 5.95. The fourth-order valence-electron chi connectivity index (χ4n) is 4.44. The highest BCUT2D eigenvalue weighted by Crippen LogP contribution is 2.30. The Bertz CT molecular complexity index is 816. The predicted octanol–water partition coefficient (Wildman–Crippen LogP) is 2.59. The first-order valence-corrected chi connectivity index (χ1v) is 13.3. The SMILES string of the molecule is COCCn1c(SCC(=O)N(C2CCCCC2)C2CCS(=O)(=O)C2)nc(C)c1C. The molecule has 2 aliphatic rings. The van der Waals surface area contributed by atoms with Gasteiger partial charge < -0.3 is 14.2 Å². The van der Waals surface area contributed by atoms with Crippen LogP contribution in [0.2, 0.25) is 0 Å². The van der Waals surface area contributed by atoms with Gasteiger partial charge in [-0.25, -0.2) is 13.4 Å². The van der Waals surface area contributed by atoms with Crippen molar-refractivity contribution < 1.29 is 17.9 Å². The summed E-state index contributed by atoms with van der Waals surface area (Å²) >= 11 is 1.45. The molecule has 29 heavy (non-hydrogen) atoms. The highest BCUT2D eigenvalue weighted by Gasteiger charge is 2.38. The summed E-state index contributed by atoms with van der Waals surface area (Å²) in [4.78, 5) is 19.8. The fourth-order valence-corrected chi connectivity index (χ4v) is 7.14. The van der Waals surface area contributed by atoms with Crippen molar-refractivity contribution in [2.45, 2.75) is 76.2 Å². The molecule has 3 rings (SSSR count). The monoisotopic (exact) mass is 443 g/mol. The Morgan fingerprint density at radius 1 is 1.21 bits per heavy atom. The third-order valence-corrected chi connectivity index (χ3v) is 8.84. The largest absolute Gasteiger partial charge is 0.383 e. The molecule has 9 heteroatoms. The first-order valence-electron chi connectivity index (χ1n) is 10.5. The van der Waals surface area contributed by atoms with Crippen molar-refractivity contribution in [3.8, 4) is 0 Å². The summed E-state index contributed by atoms with van der Waals surface area (Å²) in [6, 6.07) is -0.000216. The van der Waals surface area contributed by atoms with Crippen LogP contribution in [0.3, 0.4) is 0 Å². The molecule has 1 aromatic heterocycles. The van der Waals surface area contributed by atoms with Crippen LogP contribution < -0.4 is 0 Å². The summed E-state index contributed by atoms with van der Waals surface area (Å²) in [7, 11) is -1.36. The number of imidazole rings is 1. The molecule has 1 unspecified atom stereocenters. The van der Waals surface area contributed by atoms with Gasteiger partial charge in [-0.05, 0) is 33.1 Å². The molecule has 164 valence electrons. The number of amides is 1. The van der Waals surface area contributed by atoms with E-state index < -0.39 is 9.84 Å². The van der Waals surface area contributed by atoms with Gasteiger partial charge in [0.15, 0.2) is 15.0 Å². The van der Waals surface area contributed by atoms with Crippen LogP contribution in [0.15, 0.2) is 5.16 Å². The van der Waals surface area contributed by atoms with E-state index in [0.29, 0.717) is 19.6 Å². The predicted molar refractivity (Wildman–Crippen MR) is 115 cm³/mol. The minimum atomic E-state index is -3.03. The van der Waals surface area contributed by atoms with Gasteiger partial charge in [0.1, 0.15) is 0 Å². The summed E-state index contributed by atoms with van der Waals surface area (Å²) in [5, 5.41) is 0.827. The van der Waals surface area contributed by atoms with E-state index in [1.54, 1.807) is 7.11 Å². The highest BCUT2D eigenvalue weighted by molar-refractivity contribution is 7.99. The van der Waals surface area contributed by atoms with Gasteiger partial charge in [0, 0.05) is 31.4 Å². The van der Waals surface area contributed by atoms with E-state index in [-0.39, 0.29) is 35.2 Å². The smallest absolute Gasteiger partial charge is 0.233 e. The van der Waals surface area contributed by atoms with Gasteiger partial charge in [0.05, 0.1) is 29.6 Å². The molecule has 1 saturated heterocycles. The van der Waals surface area contributed by atoms with E-state index in [2.05, 4.69) is 9.55 Å². The molecule has 0 spiro atoms. The Hall–Kier alpha value is -1.06. The maximum Gasteiger partial charge on any atom is 0.233 e. The molecule has 2 heterocycles. The molecule has 1 aliphatic carbocycles. The lowest BCUT2D eigenvalue weighted by Crippen LogP contribution is -2.49. The molecule has 1 saturated carbocycles. The lowest BCUT2D eigenvalue weighted by Gasteiger charge is -2.38. The maximum absolute atomic E-state index is 13.3. The summed E-state index contributed by atoms with van der Waals surface area (Å²) in [5.74, 6) is 0.637. The zero-order valence-corrected chi connectivity index (χ0v) is 19.4. The number of nitrogens with zero attached hydrogens (tertiary/aromatic N) is 3. The van der Waals surface area contributed by atoms with E-state index in [1.807, 2.05) is 18.7 Å². The molecular weight excluding hydrogens is 410 g/mol. The Morgan fingerprint density at radius 3 is 2.55 bits per heavy atom. The van der Waals surface area contributed by atoms with Crippen LogP contribution in [0.1, 0.15) is 49.9 Å². The zero-order valence-electron chi connectivity index (χ0n) is 17.7.